The summed E-state index contributed by atoms with van der Waals surface area (Å²) in [6.45, 7) is 2.74. The van der Waals surface area contributed by atoms with Gasteiger partial charge >= 0.3 is 0 Å². The lowest BCUT2D eigenvalue weighted by Crippen LogP contribution is -2.14. The van der Waals surface area contributed by atoms with E-state index >= 15 is 0 Å². The van der Waals surface area contributed by atoms with Crippen LogP contribution in [0.4, 0.5) is 0 Å². The summed E-state index contributed by atoms with van der Waals surface area (Å²) in [4.78, 5) is 4.30. The Morgan fingerprint density at radius 3 is 2.89 bits per heavy atom. The van der Waals surface area contributed by atoms with Gasteiger partial charge in [-0.25, -0.2) is 0 Å². The molecule has 2 aromatic rings. The van der Waals surface area contributed by atoms with E-state index < -0.39 is 0 Å². The Morgan fingerprint density at radius 1 is 1.22 bits per heavy atom. The van der Waals surface area contributed by atoms with Crippen molar-refractivity contribution in [2.45, 2.75) is 19.4 Å². The molecule has 1 atom stereocenters. The molecule has 1 aromatic carbocycles. The van der Waals surface area contributed by atoms with E-state index in [1.165, 1.54) is 5.56 Å². The Balaban J connectivity index is 2.06. The van der Waals surface area contributed by atoms with Crippen LogP contribution in [0.3, 0.4) is 0 Å². The number of aryl methyl sites for hydroxylation is 1. The van der Waals surface area contributed by atoms with Gasteiger partial charge in [0.05, 0.1) is 12.6 Å². The van der Waals surface area contributed by atoms with Gasteiger partial charge in [-0.3, -0.25) is 4.98 Å². The molecule has 0 amide bonds. The molecule has 0 radical (unpaired) electrons. The van der Waals surface area contributed by atoms with E-state index in [-0.39, 0.29) is 6.04 Å². The zero-order valence-electron chi connectivity index (χ0n) is 10.4. The highest BCUT2D eigenvalue weighted by Crippen LogP contribution is 2.35. The van der Waals surface area contributed by atoms with Crippen molar-refractivity contribution >= 4 is 0 Å². The van der Waals surface area contributed by atoms with Gasteiger partial charge in [0, 0.05) is 23.9 Å². The lowest BCUT2D eigenvalue weighted by atomic mass is 9.96. The van der Waals surface area contributed by atoms with E-state index in [2.05, 4.69) is 17.1 Å². The molecule has 3 rings (SSSR count). The van der Waals surface area contributed by atoms with Gasteiger partial charge in [0.25, 0.3) is 0 Å². The van der Waals surface area contributed by atoms with Crippen LogP contribution in [0.15, 0.2) is 36.5 Å². The van der Waals surface area contributed by atoms with Crippen LogP contribution < -0.4 is 10.5 Å². The summed E-state index contributed by atoms with van der Waals surface area (Å²) in [5.41, 5.74) is 10.7. The molecule has 0 bridgehead atoms. The number of pyridine rings is 1. The number of nitrogens with two attached hydrogens (primary N) is 1. The normalized spacial score (nSPS) is 15.0. The lowest BCUT2D eigenvalue weighted by Gasteiger charge is -2.17. The number of aromatic nitrogens is 1. The highest BCUT2D eigenvalue weighted by molar-refractivity contribution is 5.48. The van der Waals surface area contributed by atoms with Crippen LogP contribution in [0.1, 0.15) is 28.4 Å². The van der Waals surface area contributed by atoms with Gasteiger partial charge in [0.15, 0.2) is 0 Å². The number of ether oxygens (including phenoxy) is 1. The third-order valence-electron chi connectivity index (χ3n) is 3.46. The van der Waals surface area contributed by atoms with E-state index in [0.717, 1.165) is 35.6 Å². The first kappa shape index (κ1) is 11.2. The number of hydrogen-bond acceptors (Lipinski definition) is 3. The molecule has 0 fully saturated rings. The summed E-state index contributed by atoms with van der Waals surface area (Å²) in [6.07, 6.45) is 2.76. The first-order chi connectivity index (χ1) is 8.77. The third kappa shape index (κ3) is 1.77. The Kier molecular flexibility index (Phi) is 2.76. The van der Waals surface area contributed by atoms with E-state index in [0.29, 0.717) is 0 Å². The summed E-state index contributed by atoms with van der Waals surface area (Å²) < 4.78 is 5.71. The fourth-order valence-electron chi connectivity index (χ4n) is 2.48. The molecule has 1 aromatic heterocycles. The maximum absolute atomic E-state index is 6.37. The van der Waals surface area contributed by atoms with Crippen molar-refractivity contribution in [1.82, 2.24) is 4.98 Å². The van der Waals surface area contributed by atoms with Gasteiger partial charge in [-0.05, 0) is 24.1 Å². The number of hydrogen-bond donors (Lipinski definition) is 1. The smallest absolute Gasteiger partial charge is 0.127 e. The number of fused-ring (bicyclic) bond motifs is 1. The zero-order chi connectivity index (χ0) is 12.5. The SMILES string of the molecule is Cc1ncccc1C(N)c1cccc2c1OCC2. The first-order valence-corrected chi connectivity index (χ1v) is 6.19. The molecular formula is C15H16N2O. The number of rotatable bonds is 2. The molecule has 0 saturated heterocycles. The molecule has 0 saturated carbocycles. The molecule has 1 unspecified atom stereocenters. The van der Waals surface area contributed by atoms with Crippen LogP contribution in [0.25, 0.3) is 0 Å². The maximum Gasteiger partial charge on any atom is 0.127 e. The van der Waals surface area contributed by atoms with Gasteiger partial charge in [-0.2, -0.15) is 0 Å². The van der Waals surface area contributed by atoms with Gasteiger partial charge in [0.1, 0.15) is 5.75 Å². The number of nitrogens with zero attached hydrogens (tertiary/aromatic N) is 1. The van der Waals surface area contributed by atoms with Crippen molar-refractivity contribution in [2.24, 2.45) is 5.73 Å². The molecule has 0 spiro atoms. The molecule has 0 aliphatic carbocycles. The Labute approximate surface area is 107 Å². The van der Waals surface area contributed by atoms with Crippen LogP contribution in [-0.4, -0.2) is 11.6 Å². The van der Waals surface area contributed by atoms with Gasteiger partial charge in [-0.1, -0.05) is 24.3 Å². The Hall–Kier alpha value is -1.87. The van der Waals surface area contributed by atoms with Crippen LogP contribution >= 0.6 is 0 Å². The quantitative estimate of drug-likeness (QED) is 0.876. The maximum atomic E-state index is 6.37. The van der Waals surface area contributed by atoms with Gasteiger partial charge < -0.3 is 10.5 Å². The molecule has 1 aliphatic heterocycles. The largest absolute Gasteiger partial charge is 0.493 e. The van der Waals surface area contributed by atoms with Crippen LogP contribution in [-0.2, 0) is 6.42 Å². The minimum absolute atomic E-state index is 0.174. The minimum atomic E-state index is -0.174. The topological polar surface area (TPSA) is 48.1 Å². The average Bonchev–Trinajstić information content (AvgIpc) is 2.86. The van der Waals surface area contributed by atoms with Crippen molar-refractivity contribution in [2.75, 3.05) is 6.61 Å². The second-order valence-corrected chi connectivity index (χ2v) is 4.59. The summed E-state index contributed by atoms with van der Waals surface area (Å²) in [7, 11) is 0. The summed E-state index contributed by atoms with van der Waals surface area (Å²) >= 11 is 0. The highest BCUT2D eigenvalue weighted by Gasteiger charge is 2.21. The van der Waals surface area contributed by atoms with Crippen LogP contribution in [0.5, 0.6) is 5.75 Å². The summed E-state index contributed by atoms with van der Waals surface area (Å²) in [6, 6.07) is 9.98. The zero-order valence-corrected chi connectivity index (χ0v) is 10.4. The second-order valence-electron chi connectivity index (χ2n) is 4.59. The monoisotopic (exact) mass is 240 g/mol. The molecule has 3 heteroatoms. The molecule has 92 valence electrons. The third-order valence-corrected chi connectivity index (χ3v) is 3.46. The Morgan fingerprint density at radius 2 is 2.06 bits per heavy atom. The van der Waals surface area contributed by atoms with Gasteiger partial charge in [-0.15, -0.1) is 0 Å². The van der Waals surface area contributed by atoms with Crippen molar-refractivity contribution in [1.29, 1.82) is 0 Å². The van der Waals surface area contributed by atoms with Crippen molar-refractivity contribution in [3.63, 3.8) is 0 Å². The van der Waals surface area contributed by atoms with E-state index in [4.69, 9.17) is 10.5 Å². The molecular weight excluding hydrogens is 224 g/mol. The highest BCUT2D eigenvalue weighted by atomic mass is 16.5. The fraction of sp³-hybridized carbons (Fsp3) is 0.267. The van der Waals surface area contributed by atoms with Crippen molar-refractivity contribution < 1.29 is 4.74 Å². The van der Waals surface area contributed by atoms with E-state index in [1.807, 2.05) is 25.1 Å². The Bertz CT molecular complexity index is 580. The van der Waals surface area contributed by atoms with Crippen molar-refractivity contribution in [3.8, 4) is 5.75 Å². The van der Waals surface area contributed by atoms with Crippen molar-refractivity contribution in [3.05, 3.63) is 58.9 Å². The second kappa shape index (κ2) is 4.42. The van der Waals surface area contributed by atoms with E-state index in [9.17, 15) is 0 Å². The number of benzene rings is 1. The standard InChI is InChI=1S/C15H16N2O/c1-10-12(6-3-8-17-10)14(16)13-5-2-4-11-7-9-18-15(11)13/h2-6,8,14H,7,9,16H2,1H3. The predicted molar refractivity (Wildman–Crippen MR) is 70.6 cm³/mol. The summed E-state index contributed by atoms with van der Waals surface area (Å²) in [5.74, 6) is 0.966. The molecule has 1 aliphatic rings. The van der Waals surface area contributed by atoms with Crippen LogP contribution in [0, 0.1) is 6.92 Å². The molecule has 3 nitrogen and oxygen atoms in total. The van der Waals surface area contributed by atoms with Crippen LogP contribution in [0.2, 0.25) is 0 Å². The number of para-hydroxylation sites is 1. The predicted octanol–water partition coefficient (Wildman–Crippen LogP) is 2.37. The lowest BCUT2D eigenvalue weighted by molar-refractivity contribution is 0.352. The molecule has 2 heterocycles. The first-order valence-electron chi connectivity index (χ1n) is 6.19. The molecule has 2 N–H and O–H groups in total. The van der Waals surface area contributed by atoms with Gasteiger partial charge in [0.2, 0.25) is 0 Å². The fourth-order valence-corrected chi connectivity index (χ4v) is 2.48. The van der Waals surface area contributed by atoms with E-state index in [1.54, 1.807) is 6.20 Å². The minimum Gasteiger partial charge on any atom is -0.493 e. The summed E-state index contributed by atoms with van der Waals surface area (Å²) in [5, 5.41) is 0. The average molecular weight is 240 g/mol. The molecule has 18 heavy (non-hydrogen) atoms.